The zero-order chi connectivity index (χ0) is 18.1. The van der Waals surface area contributed by atoms with Crippen LogP contribution in [-0.4, -0.2) is 34.3 Å². The summed E-state index contributed by atoms with van der Waals surface area (Å²) < 4.78 is 5.45. The molecule has 2 aromatic rings. The van der Waals surface area contributed by atoms with Crippen LogP contribution in [0.2, 0.25) is 0 Å². The van der Waals surface area contributed by atoms with Crippen molar-refractivity contribution in [2.75, 3.05) is 12.3 Å². The Morgan fingerprint density at radius 3 is 2.76 bits per heavy atom. The summed E-state index contributed by atoms with van der Waals surface area (Å²) in [6.45, 7) is 2.10. The van der Waals surface area contributed by atoms with Gasteiger partial charge in [0.25, 0.3) is 0 Å². The molecule has 1 aromatic carbocycles. The Bertz CT molecular complexity index is 687. The molecule has 0 aliphatic rings. The lowest BCUT2D eigenvalue weighted by atomic mass is 10.0. The molecular weight excluding hydrogens is 340 g/mol. The fourth-order valence-electron chi connectivity index (χ4n) is 2.28. The van der Waals surface area contributed by atoms with Crippen molar-refractivity contribution in [3.8, 4) is 11.5 Å². The predicted octanol–water partition coefficient (Wildman–Crippen LogP) is 3.19. The number of benzene rings is 1. The lowest BCUT2D eigenvalue weighted by Gasteiger charge is -2.12. The zero-order valence-corrected chi connectivity index (χ0v) is 14.9. The molecule has 0 aliphatic heterocycles. The molecule has 1 unspecified atom stereocenters. The summed E-state index contributed by atoms with van der Waals surface area (Å²) in [6.07, 6.45) is 2.93. The van der Waals surface area contributed by atoms with Crippen LogP contribution in [0, 0.1) is 5.92 Å². The first kappa shape index (κ1) is 19.1. The van der Waals surface area contributed by atoms with E-state index in [1.807, 2.05) is 37.3 Å². The molecule has 0 radical (unpaired) electrons. The zero-order valence-electron chi connectivity index (χ0n) is 14.1. The van der Waals surface area contributed by atoms with E-state index in [0.29, 0.717) is 18.1 Å². The molecule has 1 heterocycles. The van der Waals surface area contributed by atoms with Crippen LogP contribution in [-0.2, 0) is 15.3 Å². The standard InChI is InChI=1S/C18H22N2O4S/c1-2-6-14(18(22)23)9-19-16(21)12-25-11-15-10-24-17(20-15)13-7-4-3-5-8-13/h3-5,7-8,10,14H,2,6,9,11-12H2,1H3,(H,19,21)(H,22,23). The van der Waals surface area contributed by atoms with Gasteiger partial charge in [-0.2, -0.15) is 0 Å². The first-order chi connectivity index (χ1) is 12.1. The van der Waals surface area contributed by atoms with Crippen LogP contribution in [0.5, 0.6) is 0 Å². The van der Waals surface area contributed by atoms with Crippen LogP contribution in [0.25, 0.3) is 11.5 Å². The number of oxazole rings is 1. The Kier molecular flexibility index (Phi) is 7.53. The summed E-state index contributed by atoms with van der Waals surface area (Å²) in [5.41, 5.74) is 1.68. The Labute approximate surface area is 151 Å². The van der Waals surface area contributed by atoms with Gasteiger partial charge in [-0.15, -0.1) is 11.8 Å². The number of nitrogens with zero attached hydrogens (tertiary/aromatic N) is 1. The quantitative estimate of drug-likeness (QED) is 0.674. The lowest BCUT2D eigenvalue weighted by Crippen LogP contribution is -2.33. The topological polar surface area (TPSA) is 92.4 Å². The van der Waals surface area contributed by atoms with Gasteiger partial charge in [-0.3, -0.25) is 9.59 Å². The molecule has 1 amide bonds. The molecule has 2 rings (SSSR count). The van der Waals surface area contributed by atoms with E-state index in [1.165, 1.54) is 11.8 Å². The second kappa shape index (κ2) is 9.88. The molecular formula is C18H22N2O4S. The first-order valence-electron chi connectivity index (χ1n) is 8.17. The van der Waals surface area contributed by atoms with Crippen molar-refractivity contribution in [3.05, 3.63) is 42.3 Å². The summed E-state index contributed by atoms with van der Waals surface area (Å²) >= 11 is 1.41. The Morgan fingerprint density at radius 2 is 2.08 bits per heavy atom. The number of nitrogens with one attached hydrogen (secondary N) is 1. The summed E-state index contributed by atoms with van der Waals surface area (Å²) in [6, 6.07) is 9.61. The molecule has 0 saturated heterocycles. The SMILES string of the molecule is CCCC(CNC(=O)CSCc1coc(-c2ccccc2)n1)C(=O)O. The summed E-state index contributed by atoms with van der Waals surface area (Å²) in [5.74, 6) is -0.190. The molecule has 0 aliphatic carbocycles. The third-order valence-corrected chi connectivity index (χ3v) is 4.55. The fraction of sp³-hybridized carbons (Fsp3) is 0.389. The maximum absolute atomic E-state index is 11.8. The van der Waals surface area contributed by atoms with Crippen molar-refractivity contribution < 1.29 is 19.1 Å². The highest BCUT2D eigenvalue weighted by molar-refractivity contribution is 7.99. The van der Waals surface area contributed by atoms with Gasteiger partial charge >= 0.3 is 5.97 Å². The molecule has 0 bridgehead atoms. The van der Waals surface area contributed by atoms with Crippen molar-refractivity contribution in [3.63, 3.8) is 0 Å². The number of carboxylic acid groups (broad SMARTS) is 1. The number of carbonyl (C=O) groups excluding carboxylic acids is 1. The molecule has 25 heavy (non-hydrogen) atoms. The van der Waals surface area contributed by atoms with E-state index in [9.17, 15) is 9.59 Å². The van der Waals surface area contributed by atoms with Gasteiger partial charge in [0, 0.05) is 17.9 Å². The highest BCUT2D eigenvalue weighted by Crippen LogP contribution is 2.20. The highest BCUT2D eigenvalue weighted by Gasteiger charge is 2.17. The molecule has 0 saturated carbocycles. The third-order valence-electron chi connectivity index (χ3n) is 3.59. The number of thioether (sulfide) groups is 1. The van der Waals surface area contributed by atoms with Gasteiger partial charge in [-0.1, -0.05) is 31.5 Å². The minimum absolute atomic E-state index is 0.167. The molecule has 6 nitrogen and oxygen atoms in total. The molecule has 1 atom stereocenters. The van der Waals surface area contributed by atoms with Crippen molar-refractivity contribution in [2.45, 2.75) is 25.5 Å². The Hall–Kier alpha value is -2.28. The van der Waals surface area contributed by atoms with Gasteiger partial charge in [0.05, 0.1) is 17.4 Å². The van der Waals surface area contributed by atoms with Crippen molar-refractivity contribution >= 4 is 23.6 Å². The van der Waals surface area contributed by atoms with E-state index in [0.717, 1.165) is 17.7 Å². The van der Waals surface area contributed by atoms with E-state index in [4.69, 9.17) is 9.52 Å². The van der Waals surface area contributed by atoms with Gasteiger partial charge in [0.15, 0.2) is 0 Å². The summed E-state index contributed by atoms with van der Waals surface area (Å²) in [4.78, 5) is 27.3. The monoisotopic (exact) mass is 362 g/mol. The maximum atomic E-state index is 11.8. The van der Waals surface area contributed by atoms with Gasteiger partial charge in [-0.05, 0) is 18.6 Å². The summed E-state index contributed by atoms with van der Waals surface area (Å²) in [5, 5.41) is 11.7. The van der Waals surface area contributed by atoms with Crippen LogP contribution >= 0.6 is 11.8 Å². The molecule has 0 spiro atoms. The number of aromatic nitrogens is 1. The second-order valence-electron chi connectivity index (χ2n) is 5.63. The highest BCUT2D eigenvalue weighted by atomic mass is 32.2. The Balaban J connectivity index is 1.73. The second-order valence-corrected chi connectivity index (χ2v) is 6.62. The van der Waals surface area contributed by atoms with Crippen LogP contribution in [0.15, 0.2) is 41.0 Å². The number of hydrogen-bond acceptors (Lipinski definition) is 5. The average Bonchev–Trinajstić information content (AvgIpc) is 3.08. The maximum Gasteiger partial charge on any atom is 0.308 e. The van der Waals surface area contributed by atoms with Crippen LogP contribution in [0.1, 0.15) is 25.5 Å². The number of aliphatic carboxylic acids is 1. The minimum atomic E-state index is -0.870. The molecule has 0 fully saturated rings. The Morgan fingerprint density at radius 1 is 1.32 bits per heavy atom. The largest absolute Gasteiger partial charge is 0.481 e. The molecule has 2 N–H and O–H groups in total. The van der Waals surface area contributed by atoms with Crippen molar-refractivity contribution in [1.82, 2.24) is 10.3 Å². The predicted molar refractivity (Wildman–Crippen MR) is 97.1 cm³/mol. The van der Waals surface area contributed by atoms with E-state index in [2.05, 4.69) is 10.3 Å². The molecule has 134 valence electrons. The molecule has 1 aromatic heterocycles. The van der Waals surface area contributed by atoms with E-state index < -0.39 is 11.9 Å². The lowest BCUT2D eigenvalue weighted by molar-refractivity contribution is -0.141. The van der Waals surface area contributed by atoms with Gasteiger partial charge < -0.3 is 14.8 Å². The number of carboxylic acids is 1. The fourth-order valence-corrected chi connectivity index (χ4v) is 3.02. The van der Waals surface area contributed by atoms with Crippen LogP contribution < -0.4 is 5.32 Å². The van der Waals surface area contributed by atoms with Crippen molar-refractivity contribution in [1.29, 1.82) is 0 Å². The normalized spacial score (nSPS) is 11.9. The minimum Gasteiger partial charge on any atom is -0.481 e. The van der Waals surface area contributed by atoms with Gasteiger partial charge in [0.1, 0.15) is 6.26 Å². The molecule has 7 heteroatoms. The van der Waals surface area contributed by atoms with E-state index in [-0.39, 0.29) is 18.2 Å². The van der Waals surface area contributed by atoms with Crippen LogP contribution in [0.3, 0.4) is 0 Å². The third kappa shape index (κ3) is 6.26. The number of hydrogen-bond donors (Lipinski definition) is 2. The van der Waals surface area contributed by atoms with E-state index in [1.54, 1.807) is 6.26 Å². The number of amides is 1. The van der Waals surface area contributed by atoms with E-state index >= 15 is 0 Å². The number of rotatable bonds is 10. The summed E-state index contributed by atoms with van der Waals surface area (Å²) in [7, 11) is 0. The first-order valence-corrected chi connectivity index (χ1v) is 9.32. The van der Waals surface area contributed by atoms with Crippen molar-refractivity contribution in [2.24, 2.45) is 5.92 Å². The average molecular weight is 362 g/mol. The number of carbonyl (C=O) groups is 2. The van der Waals surface area contributed by atoms with Crippen LogP contribution in [0.4, 0.5) is 0 Å². The van der Waals surface area contributed by atoms with Gasteiger partial charge in [0.2, 0.25) is 11.8 Å². The van der Waals surface area contributed by atoms with Gasteiger partial charge in [-0.25, -0.2) is 4.98 Å². The smallest absolute Gasteiger partial charge is 0.308 e.